The molecule has 3 aliphatic rings. The van der Waals surface area contributed by atoms with Gasteiger partial charge in [-0.05, 0) is 62.7 Å². The van der Waals surface area contributed by atoms with Crippen LogP contribution in [-0.4, -0.2) is 10.7 Å². The molecule has 0 aliphatic heterocycles. The fraction of sp³-hybridized carbons (Fsp3) is 1.00. The molecule has 1 heteroatoms. The van der Waals surface area contributed by atoms with Gasteiger partial charge in [0.1, 0.15) is 0 Å². The molecule has 68 valence electrons. The first-order valence-electron chi connectivity index (χ1n) is 5.52. The monoisotopic (exact) mass is 166 g/mol. The Balaban J connectivity index is 1.75. The minimum Gasteiger partial charge on any atom is -0.390 e. The normalized spacial score (nSPS) is 33.5. The summed E-state index contributed by atoms with van der Waals surface area (Å²) < 4.78 is 0. The first-order chi connectivity index (χ1) is 5.80. The van der Waals surface area contributed by atoms with E-state index in [1.165, 1.54) is 32.1 Å². The topological polar surface area (TPSA) is 20.2 Å². The Kier molecular flexibility index (Phi) is 1.39. The minimum absolute atomic E-state index is 0.192. The molecule has 3 saturated carbocycles. The third kappa shape index (κ3) is 1.02. The van der Waals surface area contributed by atoms with Crippen LogP contribution in [0.25, 0.3) is 0 Å². The lowest BCUT2D eigenvalue weighted by Gasteiger charge is -2.44. The van der Waals surface area contributed by atoms with Crippen molar-refractivity contribution in [2.75, 3.05) is 0 Å². The maximum atomic E-state index is 10.3. The molecule has 0 aromatic rings. The average molecular weight is 166 g/mol. The van der Waals surface area contributed by atoms with Crippen LogP contribution in [-0.2, 0) is 0 Å². The maximum absolute atomic E-state index is 10.3. The second kappa shape index (κ2) is 2.25. The number of aliphatic hydroxyl groups is 1. The summed E-state index contributed by atoms with van der Waals surface area (Å²) in [5.74, 6) is 2.55. The van der Waals surface area contributed by atoms with Gasteiger partial charge in [-0.25, -0.2) is 0 Å². The van der Waals surface area contributed by atoms with Gasteiger partial charge in [0.15, 0.2) is 0 Å². The summed E-state index contributed by atoms with van der Waals surface area (Å²) in [4.78, 5) is 0. The van der Waals surface area contributed by atoms with Crippen molar-refractivity contribution in [3.63, 3.8) is 0 Å². The maximum Gasteiger partial charge on any atom is 0.0681 e. The van der Waals surface area contributed by atoms with Gasteiger partial charge in [0, 0.05) is 0 Å². The average Bonchev–Trinajstić information content (AvgIpc) is 2.78. The van der Waals surface area contributed by atoms with Crippen LogP contribution < -0.4 is 0 Å². The van der Waals surface area contributed by atoms with Gasteiger partial charge in [-0.2, -0.15) is 0 Å². The van der Waals surface area contributed by atoms with Gasteiger partial charge in [0.05, 0.1) is 5.60 Å². The fourth-order valence-corrected chi connectivity index (χ4v) is 3.05. The van der Waals surface area contributed by atoms with E-state index in [0.29, 0.717) is 5.92 Å². The number of hydrogen-bond donors (Lipinski definition) is 1. The molecule has 1 N–H and O–H groups in total. The Morgan fingerprint density at radius 2 is 1.50 bits per heavy atom. The molecule has 3 aliphatic carbocycles. The van der Waals surface area contributed by atoms with Crippen LogP contribution >= 0.6 is 0 Å². The summed E-state index contributed by atoms with van der Waals surface area (Å²) in [6.45, 7) is 0. The summed E-state index contributed by atoms with van der Waals surface area (Å²) in [5.41, 5.74) is -0.192. The predicted octanol–water partition coefficient (Wildman–Crippen LogP) is 2.34. The molecule has 0 bridgehead atoms. The van der Waals surface area contributed by atoms with Crippen LogP contribution in [0.4, 0.5) is 0 Å². The lowest BCUT2D eigenvalue weighted by Crippen LogP contribution is -2.46. The molecule has 0 saturated heterocycles. The summed E-state index contributed by atoms with van der Waals surface area (Å²) in [6, 6.07) is 0. The fourth-order valence-electron chi connectivity index (χ4n) is 3.05. The standard InChI is InChI=1S/C11H18O/c12-11(6-1-7-11)10(8-2-3-8)9-4-5-9/h8-10,12H,1-7H2. The van der Waals surface area contributed by atoms with Gasteiger partial charge in [-0.15, -0.1) is 0 Å². The third-order valence-corrected chi connectivity index (χ3v) is 4.10. The summed E-state index contributed by atoms with van der Waals surface area (Å²) in [5, 5.41) is 10.3. The van der Waals surface area contributed by atoms with Crippen molar-refractivity contribution in [3.8, 4) is 0 Å². The highest BCUT2D eigenvalue weighted by Crippen LogP contribution is 2.58. The molecular weight excluding hydrogens is 148 g/mol. The molecule has 1 nitrogen and oxygen atoms in total. The Morgan fingerprint density at radius 1 is 1.00 bits per heavy atom. The van der Waals surface area contributed by atoms with Crippen LogP contribution in [0.2, 0.25) is 0 Å². The van der Waals surface area contributed by atoms with Crippen LogP contribution in [0.1, 0.15) is 44.9 Å². The zero-order valence-electron chi connectivity index (χ0n) is 7.63. The van der Waals surface area contributed by atoms with Gasteiger partial charge in [0.25, 0.3) is 0 Å². The number of rotatable bonds is 3. The first-order valence-corrected chi connectivity index (χ1v) is 5.52. The van der Waals surface area contributed by atoms with E-state index >= 15 is 0 Å². The summed E-state index contributed by atoms with van der Waals surface area (Å²) >= 11 is 0. The molecule has 0 heterocycles. The van der Waals surface area contributed by atoms with Crippen molar-refractivity contribution in [3.05, 3.63) is 0 Å². The molecule has 0 aromatic carbocycles. The largest absolute Gasteiger partial charge is 0.390 e. The van der Waals surface area contributed by atoms with E-state index in [-0.39, 0.29) is 5.60 Å². The van der Waals surface area contributed by atoms with Crippen LogP contribution in [0.3, 0.4) is 0 Å². The molecule has 3 rings (SSSR count). The van der Waals surface area contributed by atoms with Gasteiger partial charge < -0.3 is 5.11 Å². The highest BCUT2D eigenvalue weighted by molar-refractivity contribution is 5.05. The number of hydrogen-bond acceptors (Lipinski definition) is 1. The molecule has 3 fully saturated rings. The molecule has 0 atom stereocenters. The zero-order chi connectivity index (χ0) is 8.18. The van der Waals surface area contributed by atoms with Gasteiger partial charge in [-0.1, -0.05) is 0 Å². The first kappa shape index (κ1) is 7.37. The van der Waals surface area contributed by atoms with Gasteiger partial charge >= 0.3 is 0 Å². The second-order valence-electron chi connectivity index (χ2n) is 5.16. The van der Waals surface area contributed by atoms with Crippen molar-refractivity contribution in [2.45, 2.75) is 50.5 Å². The van der Waals surface area contributed by atoms with E-state index < -0.39 is 0 Å². The smallest absolute Gasteiger partial charge is 0.0681 e. The SMILES string of the molecule is OC1(C(C2CC2)C2CC2)CCC1. The quantitative estimate of drug-likeness (QED) is 0.682. The summed E-state index contributed by atoms with van der Waals surface area (Å²) in [6.07, 6.45) is 9.10. The van der Waals surface area contributed by atoms with E-state index in [2.05, 4.69) is 0 Å². The van der Waals surface area contributed by atoms with Gasteiger partial charge in [0.2, 0.25) is 0 Å². The Hall–Kier alpha value is -0.0400. The Morgan fingerprint density at radius 3 is 1.75 bits per heavy atom. The highest BCUT2D eigenvalue weighted by Gasteiger charge is 2.54. The Bertz CT molecular complexity index is 175. The lowest BCUT2D eigenvalue weighted by molar-refractivity contribution is -0.0982. The van der Waals surface area contributed by atoms with Crippen molar-refractivity contribution in [1.82, 2.24) is 0 Å². The molecular formula is C11H18O. The van der Waals surface area contributed by atoms with E-state index in [1.807, 2.05) is 0 Å². The Labute approximate surface area is 74.2 Å². The van der Waals surface area contributed by atoms with Gasteiger partial charge in [-0.3, -0.25) is 0 Å². The van der Waals surface area contributed by atoms with Crippen molar-refractivity contribution in [2.24, 2.45) is 17.8 Å². The second-order valence-corrected chi connectivity index (χ2v) is 5.16. The van der Waals surface area contributed by atoms with E-state index in [4.69, 9.17) is 0 Å². The lowest BCUT2D eigenvalue weighted by atomic mass is 9.67. The predicted molar refractivity (Wildman–Crippen MR) is 47.7 cm³/mol. The molecule has 0 aromatic heterocycles. The van der Waals surface area contributed by atoms with E-state index in [9.17, 15) is 5.11 Å². The van der Waals surface area contributed by atoms with Crippen molar-refractivity contribution < 1.29 is 5.11 Å². The zero-order valence-corrected chi connectivity index (χ0v) is 7.63. The molecule has 0 amide bonds. The van der Waals surface area contributed by atoms with Crippen LogP contribution in [0.15, 0.2) is 0 Å². The molecule has 12 heavy (non-hydrogen) atoms. The molecule has 0 radical (unpaired) electrons. The van der Waals surface area contributed by atoms with E-state index in [0.717, 1.165) is 24.7 Å². The molecule has 0 unspecified atom stereocenters. The van der Waals surface area contributed by atoms with Crippen LogP contribution in [0.5, 0.6) is 0 Å². The van der Waals surface area contributed by atoms with Crippen molar-refractivity contribution in [1.29, 1.82) is 0 Å². The van der Waals surface area contributed by atoms with Crippen molar-refractivity contribution >= 4 is 0 Å². The highest BCUT2D eigenvalue weighted by atomic mass is 16.3. The summed E-state index contributed by atoms with van der Waals surface area (Å²) in [7, 11) is 0. The van der Waals surface area contributed by atoms with E-state index in [1.54, 1.807) is 0 Å². The molecule has 0 spiro atoms. The third-order valence-electron chi connectivity index (χ3n) is 4.10. The minimum atomic E-state index is -0.192. The van der Waals surface area contributed by atoms with Crippen LogP contribution in [0, 0.1) is 17.8 Å².